The van der Waals surface area contributed by atoms with Gasteiger partial charge in [-0.3, -0.25) is 0 Å². The Labute approximate surface area is 109 Å². The highest BCUT2D eigenvalue weighted by atomic mass is 16.5. The Balaban J connectivity index is 2.21. The van der Waals surface area contributed by atoms with Crippen LogP contribution < -0.4 is 4.74 Å². The normalized spacial score (nSPS) is 20.2. The van der Waals surface area contributed by atoms with Crippen LogP contribution in [0.1, 0.15) is 32.3 Å². The minimum Gasteiger partial charge on any atom is -0.491 e. The number of hydrogen-bond donors (Lipinski definition) is 1. The second-order valence-corrected chi connectivity index (χ2v) is 5.47. The monoisotopic (exact) mass is 250 g/mol. The highest BCUT2D eigenvalue weighted by Crippen LogP contribution is 2.58. The Kier molecular flexibility index (Phi) is 3.64. The Bertz CT molecular complexity index is 408. The summed E-state index contributed by atoms with van der Waals surface area (Å²) < 4.78 is 10.7. The summed E-state index contributed by atoms with van der Waals surface area (Å²) in [5.74, 6) is 0.757. The van der Waals surface area contributed by atoms with E-state index in [2.05, 4.69) is 6.92 Å². The van der Waals surface area contributed by atoms with Crippen molar-refractivity contribution in [3.63, 3.8) is 0 Å². The molecule has 0 spiro atoms. The van der Waals surface area contributed by atoms with E-state index in [1.807, 2.05) is 31.2 Å². The topological polar surface area (TPSA) is 38.7 Å². The third kappa shape index (κ3) is 2.38. The Morgan fingerprint density at radius 3 is 2.56 bits per heavy atom. The highest BCUT2D eigenvalue weighted by molar-refractivity contribution is 5.40. The van der Waals surface area contributed by atoms with E-state index in [0.717, 1.165) is 24.2 Å². The first-order valence-corrected chi connectivity index (χ1v) is 6.45. The van der Waals surface area contributed by atoms with Crippen LogP contribution in [-0.4, -0.2) is 25.4 Å². The molecule has 1 saturated carbocycles. The van der Waals surface area contributed by atoms with E-state index in [-0.39, 0.29) is 5.41 Å². The molecule has 100 valence electrons. The van der Waals surface area contributed by atoms with Gasteiger partial charge in [-0.2, -0.15) is 0 Å². The summed E-state index contributed by atoms with van der Waals surface area (Å²) in [7, 11) is 1.65. The van der Waals surface area contributed by atoms with Crippen LogP contribution in [0.3, 0.4) is 0 Å². The van der Waals surface area contributed by atoms with Gasteiger partial charge in [-0.1, -0.05) is 25.1 Å². The SMILES string of the molecule is COCCOc1ccccc1C(C)(O)C1(C)CC1. The van der Waals surface area contributed by atoms with Crippen molar-refractivity contribution in [3.8, 4) is 5.75 Å². The molecule has 1 atom stereocenters. The van der Waals surface area contributed by atoms with E-state index in [1.165, 1.54) is 0 Å². The van der Waals surface area contributed by atoms with Gasteiger partial charge in [0.2, 0.25) is 0 Å². The lowest BCUT2D eigenvalue weighted by Crippen LogP contribution is -2.32. The van der Waals surface area contributed by atoms with Crippen molar-refractivity contribution >= 4 is 0 Å². The van der Waals surface area contributed by atoms with Gasteiger partial charge >= 0.3 is 0 Å². The van der Waals surface area contributed by atoms with Crippen molar-refractivity contribution in [2.24, 2.45) is 5.41 Å². The molecule has 1 aliphatic carbocycles. The molecule has 3 nitrogen and oxygen atoms in total. The summed E-state index contributed by atoms with van der Waals surface area (Å²) >= 11 is 0. The van der Waals surface area contributed by atoms with Crippen LogP contribution in [0.2, 0.25) is 0 Å². The molecule has 1 aromatic rings. The van der Waals surface area contributed by atoms with Crippen LogP contribution >= 0.6 is 0 Å². The van der Waals surface area contributed by atoms with E-state index in [1.54, 1.807) is 7.11 Å². The Morgan fingerprint density at radius 1 is 1.28 bits per heavy atom. The van der Waals surface area contributed by atoms with Crippen molar-refractivity contribution in [2.45, 2.75) is 32.3 Å². The molecule has 1 N–H and O–H groups in total. The Morgan fingerprint density at radius 2 is 1.94 bits per heavy atom. The average molecular weight is 250 g/mol. The third-order valence-electron chi connectivity index (χ3n) is 4.13. The van der Waals surface area contributed by atoms with Gasteiger partial charge in [-0.15, -0.1) is 0 Å². The van der Waals surface area contributed by atoms with Crippen molar-refractivity contribution in [2.75, 3.05) is 20.3 Å². The first-order valence-electron chi connectivity index (χ1n) is 6.45. The van der Waals surface area contributed by atoms with Crippen LogP contribution in [0, 0.1) is 5.41 Å². The second kappa shape index (κ2) is 4.90. The maximum Gasteiger partial charge on any atom is 0.125 e. The molecule has 2 rings (SSSR count). The average Bonchev–Trinajstić information content (AvgIpc) is 3.10. The zero-order chi connectivity index (χ0) is 13.2. The summed E-state index contributed by atoms with van der Waals surface area (Å²) in [6, 6.07) is 7.73. The molecule has 1 fully saturated rings. The van der Waals surface area contributed by atoms with Crippen LogP contribution in [0.15, 0.2) is 24.3 Å². The quantitative estimate of drug-likeness (QED) is 0.789. The van der Waals surface area contributed by atoms with Crippen LogP contribution in [0.25, 0.3) is 0 Å². The lowest BCUT2D eigenvalue weighted by molar-refractivity contribution is -0.0153. The molecule has 0 saturated heterocycles. The van der Waals surface area contributed by atoms with Crippen molar-refractivity contribution < 1.29 is 14.6 Å². The smallest absolute Gasteiger partial charge is 0.125 e. The van der Waals surface area contributed by atoms with Crippen molar-refractivity contribution in [1.82, 2.24) is 0 Å². The van der Waals surface area contributed by atoms with Crippen molar-refractivity contribution in [3.05, 3.63) is 29.8 Å². The number of rotatable bonds is 6. The van der Waals surface area contributed by atoms with E-state index in [0.29, 0.717) is 13.2 Å². The number of para-hydroxylation sites is 1. The van der Waals surface area contributed by atoms with Crippen LogP contribution in [-0.2, 0) is 10.3 Å². The molecule has 0 amide bonds. The predicted octanol–water partition coefficient (Wildman–Crippen LogP) is 2.72. The minimum absolute atomic E-state index is 0.0201. The lowest BCUT2D eigenvalue weighted by atomic mass is 9.81. The minimum atomic E-state index is -0.837. The summed E-state index contributed by atoms with van der Waals surface area (Å²) in [5, 5.41) is 10.8. The number of benzene rings is 1. The number of hydrogen-bond acceptors (Lipinski definition) is 3. The molecule has 0 aromatic heterocycles. The number of aliphatic hydroxyl groups is 1. The Hall–Kier alpha value is -1.06. The summed E-state index contributed by atoms with van der Waals surface area (Å²) in [5.41, 5.74) is 0.0193. The zero-order valence-corrected chi connectivity index (χ0v) is 11.4. The largest absolute Gasteiger partial charge is 0.491 e. The molecule has 18 heavy (non-hydrogen) atoms. The van der Waals surface area contributed by atoms with Gasteiger partial charge in [-0.05, 0) is 25.8 Å². The fourth-order valence-electron chi connectivity index (χ4n) is 2.23. The number of methoxy groups -OCH3 is 1. The number of ether oxygens (including phenoxy) is 2. The van der Waals surface area contributed by atoms with Gasteiger partial charge in [0.25, 0.3) is 0 Å². The van der Waals surface area contributed by atoms with Gasteiger partial charge in [0, 0.05) is 18.1 Å². The van der Waals surface area contributed by atoms with E-state index in [9.17, 15) is 5.11 Å². The molecular weight excluding hydrogens is 228 g/mol. The van der Waals surface area contributed by atoms with Gasteiger partial charge in [-0.25, -0.2) is 0 Å². The second-order valence-electron chi connectivity index (χ2n) is 5.47. The molecule has 1 aliphatic rings. The fraction of sp³-hybridized carbons (Fsp3) is 0.600. The van der Waals surface area contributed by atoms with E-state index in [4.69, 9.17) is 9.47 Å². The van der Waals surface area contributed by atoms with E-state index < -0.39 is 5.60 Å². The maximum atomic E-state index is 10.8. The zero-order valence-electron chi connectivity index (χ0n) is 11.4. The summed E-state index contributed by atoms with van der Waals surface area (Å²) in [6.45, 7) is 5.06. The van der Waals surface area contributed by atoms with Gasteiger partial charge < -0.3 is 14.6 Å². The highest BCUT2D eigenvalue weighted by Gasteiger charge is 2.53. The summed E-state index contributed by atoms with van der Waals surface area (Å²) in [6.07, 6.45) is 2.12. The molecular formula is C15H22O3. The van der Waals surface area contributed by atoms with Gasteiger partial charge in [0.1, 0.15) is 12.4 Å². The third-order valence-corrected chi connectivity index (χ3v) is 4.13. The molecule has 0 radical (unpaired) electrons. The fourth-order valence-corrected chi connectivity index (χ4v) is 2.23. The molecule has 0 heterocycles. The first kappa shape index (κ1) is 13.4. The lowest BCUT2D eigenvalue weighted by Gasteiger charge is -2.32. The van der Waals surface area contributed by atoms with Gasteiger partial charge in [0.05, 0.1) is 12.2 Å². The summed E-state index contributed by atoms with van der Waals surface area (Å²) in [4.78, 5) is 0. The van der Waals surface area contributed by atoms with Crippen LogP contribution in [0.4, 0.5) is 0 Å². The van der Waals surface area contributed by atoms with Crippen LogP contribution in [0.5, 0.6) is 5.75 Å². The maximum absolute atomic E-state index is 10.8. The molecule has 1 aromatic carbocycles. The first-order chi connectivity index (χ1) is 8.51. The molecule has 0 bridgehead atoms. The predicted molar refractivity (Wildman–Crippen MR) is 70.7 cm³/mol. The van der Waals surface area contributed by atoms with E-state index >= 15 is 0 Å². The standard InChI is InChI=1S/C15H22O3/c1-14(8-9-14)15(2,16)12-6-4-5-7-13(12)18-11-10-17-3/h4-7,16H,8-11H2,1-3H3. The van der Waals surface area contributed by atoms with Crippen molar-refractivity contribution in [1.29, 1.82) is 0 Å². The molecule has 1 unspecified atom stereocenters. The molecule has 3 heteroatoms. The molecule has 0 aliphatic heterocycles. The van der Waals surface area contributed by atoms with Gasteiger partial charge in [0.15, 0.2) is 0 Å².